The van der Waals surface area contributed by atoms with Crippen LogP contribution in [0.1, 0.15) is 56.5 Å². The highest BCUT2D eigenvalue weighted by Crippen LogP contribution is 2.23. The van der Waals surface area contributed by atoms with Crippen molar-refractivity contribution in [3.63, 3.8) is 0 Å². The van der Waals surface area contributed by atoms with Gasteiger partial charge in [0, 0.05) is 18.2 Å². The highest BCUT2D eigenvalue weighted by atomic mass is 15.3. The minimum Gasteiger partial charge on any atom is -0.321 e. The molecule has 2 N–H and O–H groups in total. The molecule has 114 valence electrons. The molecule has 1 atom stereocenters. The van der Waals surface area contributed by atoms with E-state index in [0.29, 0.717) is 6.04 Å². The topological polar surface area (TPSA) is 43.8 Å². The summed E-state index contributed by atoms with van der Waals surface area (Å²) in [6.45, 7) is 8.58. The number of hydrogen-bond donors (Lipinski definition) is 1. The van der Waals surface area contributed by atoms with Crippen molar-refractivity contribution < 1.29 is 0 Å². The lowest BCUT2D eigenvalue weighted by Crippen LogP contribution is -2.35. The summed E-state index contributed by atoms with van der Waals surface area (Å²) in [6, 6.07) is 11.0. The molecule has 0 aliphatic rings. The van der Waals surface area contributed by atoms with Crippen LogP contribution in [0.15, 0.2) is 36.5 Å². The zero-order valence-corrected chi connectivity index (χ0v) is 13.6. The van der Waals surface area contributed by atoms with Gasteiger partial charge in [-0.1, -0.05) is 43.7 Å². The summed E-state index contributed by atoms with van der Waals surface area (Å²) in [5.41, 5.74) is 9.61. The molecule has 0 aliphatic heterocycles. The molecule has 1 aromatic carbocycles. The van der Waals surface area contributed by atoms with Crippen LogP contribution in [0.3, 0.4) is 0 Å². The van der Waals surface area contributed by atoms with Crippen LogP contribution in [0.5, 0.6) is 0 Å². The number of nitrogens with zero attached hydrogens (tertiary/aromatic N) is 2. The highest BCUT2D eigenvalue weighted by Gasteiger charge is 2.23. The fraction of sp³-hybridized carbons (Fsp3) is 0.500. The van der Waals surface area contributed by atoms with Crippen LogP contribution in [0.4, 0.5) is 0 Å². The standard InChI is InChI=1S/C18H27N3/c1-5-17(6-2)21-12-11-16(20-21)13-18(4,19)15-9-7-14(3)8-10-15/h7-12,17H,5-6,13,19H2,1-4H3. The smallest absolute Gasteiger partial charge is 0.0646 e. The molecular weight excluding hydrogens is 258 g/mol. The van der Waals surface area contributed by atoms with Gasteiger partial charge in [0.25, 0.3) is 0 Å². The lowest BCUT2D eigenvalue weighted by atomic mass is 9.88. The molecule has 0 saturated heterocycles. The van der Waals surface area contributed by atoms with Crippen LogP contribution >= 0.6 is 0 Å². The van der Waals surface area contributed by atoms with Crippen molar-refractivity contribution in [1.82, 2.24) is 9.78 Å². The van der Waals surface area contributed by atoms with Crippen LogP contribution in [0.2, 0.25) is 0 Å². The molecule has 21 heavy (non-hydrogen) atoms. The maximum Gasteiger partial charge on any atom is 0.0646 e. The molecule has 0 fully saturated rings. The average Bonchev–Trinajstić information content (AvgIpc) is 2.88. The van der Waals surface area contributed by atoms with E-state index in [1.54, 1.807) is 0 Å². The first-order valence-corrected chi connectivity index (χ1v) is 7.86. The predicted molar refractivity (Wildman–Crippen MR) is 88.3 cm³/mol. The maximum atomic E-state index is 6.52. The van der Waals surface area contributed by atoms with Crippen molar-refractivity contribution in [2.75, 3.05) is 0 Å². The number of aryl methyl sites for hydroxylation is 1. The minimum absolute atomic E-state index is 0.388. The van der Waals surface area contributed by atoms with Crippen LogP contribution in [-0.4, -0.2) is 9.78 Å². The lowest BCUT2D eigenvalue weighted by molar-refractivity contribution is 0.417. The first kappa shape index (κ1) is 15.8. The summed E-state index contributed by atoms with van der Waals surface area (Å²) < 4.78 is 2.08. The Morgan fingerprint density at radius 1 is 1.14 bits per heavy atom. The summed E-state index contributed by atoms with van der Waals surface area (Å²) in [5.74, 6) is 0. The number of aromatic nitrogens is 2. The molecule has 3 heteroatoms. The SMILES string of the molecule is CCC(CC)n1ccc(CC(C)(N)c2ccc(C)cc2)n1. The van der Waals surface area contributed by atoms with E-state index >= 15 is 0 Å². The molecule has 0 amide bonds. The molecule has 0 radical (unpaired) electrons. The van der Waals surface area contributed by atoms with Crippen molar-refractivity contribution in [3.8, 4) is 0 Å². The molecule has 2 aromatic rings. The van der Waals surface area contributed by atoms with E-state index in [4.69, 9.17) is 10.8 Å². The number of hydrogen-bond acceptors (Lipinski definition) is 2. The van der Waals surface area contributed by atoms with Crippen LogP contribution in [0, 0.1) is 6.92 Å². The van der Waals surface area contributed by atoms with Gasteiger partial charge in [0.1, 0.15) is 0 Å². The average molecular weight is 285 g/mol. The molecule has 1 heterocycles. The molecular formula is C18H27N3. The van der Waals surface area contributed by atoms with E-state index in [1.165, 1.54) is 5.56 Å². The van der Waals surface area contributed by atoms with Crippen molar-refractivity contribution in [3.05, 3.63) is 53.3 Å². The summed E-state index contributed by atoms with van der Waals surface area (Å²) in [4.78, 5) is 0. The summed E-state index contributed by atoms with van der Waals surface area (Å²) in [6.07, 6.45) is 5.05. The van der Waals surface area contributed by atoms with E-state index in [2.05, 4.69) is 68.9 Å². The molecule has 3 nitrogen and oxygen atoms in total. The zero-order valence-electron chi connectivity index (χ0n) is 13.6. The van der Waals surface area contributed by atoms with Gasteiger partial charge in [0.15, 0.2) is 0 Å². The number of rotatable bonds is 6. The van der Waals surface area contributed by atoms with Gasteiger partial charge in [0.2, 0.25) is 0 Å². The van der Waals surface area contributed by atoms with Gasteiger partial charge in [0.05, 0.1) is 11.7 Å². The Bertz CT molecular complexity index is 562. The molecule has 0 saturated carbocycles. The van der Waals surface area contributed by atoms with Crippen molar-refractivity contribution in [2.24, 2.45) is 5.73 Å². The normalized spacial score (nSPS) is 14.4. The summed E-state index contributed by atoms with van der Waals surface area (Å²) >= 11 is 0. The van der Waals surface area contributed by atoms with Crippen molar-refractivity contribution in [2.45, 2.75) is 58.5 Å². The van der Waals surface area contributed by atoms with Gasteiger partial charge >= 0.3 is 0 Å². The second kappa shape index (κ2) is 6.44. The first-order valence-electron chi connectivity index (χ1n) is 7.86. The van der Waals surface area contributed by atoms with Gasteiger partial charge in [-0.2, -0.15) is 5.10 Å². The first-order chi connectivity index (χ1) is 9.96. The third-order valence-electron chi connectivity index (χ3n) is 4.24. The largest absolute Gasteiger partial charge is 0.321 e. The number of benzene rings is 1. The summed E-state index contributed by atoms with van der Waals surface area (Å²) in [7, 11) is 0. The third-order valence-corrected chi connectivity index (χ3v) is 4.24. The molecule has 0 bridgehead atoms. The van der Waals surface area contributed by atoms with Crippen LogP contribution in [-0.2, 0) is 12.0 Å². The summed E-state index contributed by atoms with van der Waals surface area (Å²) in [5, 5.41) is 4.72. The lowest BCUT2D eigenvalue weighted by Gasteiger charge is -2.24. The van der Waals surface area contributed by atoms with Crippen molar-refractivity contribution in [1.29, 1.82) is 0 Å². The Labute approximate surface area is 128 Å². The highest BCUT2D eigenvalue weighted by molar-refractivity contribution is 5.28. The van der Waals surface area contributed by atoms with Gasteiger partial charge < -0.3 is 5.73 Å². The third kappa shape index (κ3) is 3.73. The molecule has 0 aliphatic carbocycles. The Morgan fingerprint density at radius 3 is 2.33 bits per heavy atom. The molecule has 1 aromatic heterocycles. The molecule has 0 spiro atoms. The second-order valence-corrected chi connectivity index (χ2v) is 6.22. The zero-order chi connectivity index (χ0) is 15.5. The Balaban J connectivity index is 2.15. The van der Waals surface area contributed by atoms with E-state index in [1.807, 2.05) is 0 Å². The molecule has 2 rings (SSSR count). The van der Waals surface area contributed by atoms with E-state index in [9.17, 15) is 0 Å². The number of nitrogens with two attached hydrogens (primary N) is 1. The second-order valence-electron chi connectivity index (χ2n) is 6.22. The minimum atomic E-state index is -0.388. The Kier molecular flexibility index (Phi) is 4.84. The fourth-order valence-corrected chi connectivity index (χ4v) is 2.75. The van der Waals surface area contributed by atoms with E-state index in [-0.39, 0.29) is 5.54 Å². The quantitative estimate of drug-likeness (QED) is 0.872. The maximum absolute atomic E-state index is 6.52. The van der Waals surface area contributed by atoms with Crippen LogP contribution < -0.4 is 5.73 Å². The fourth-order valence-electron chi connectivity index (χ4n) is 2.75. The van der Waals surface area contributed by atoms with Gasteiger partial charge in [-0.15, -0.1) is 0 Å². The van der Waals surface area contributed by atoms with Gasteiger partial charge in [-0.3, -0.25) is 4.68 Å². The Hall–Kier alpha value is -1.61. The van der Waals surface area contributed by atoms with Crippen molar-refractivity contribution >= 4 is 0 Å². The van der Waals surface area contributed by atoms with E-state index in [0.717, 1.165) is 30.5 Å². The predicted octanol–water partition coefficient (Wildman–Crippen LogP) is 3.97. The molecule has 1 unspecified atom stereocenters. The monoisotopic (exact) mass is 285 g/mol. The van der Waals surface area contributed by atoms with E-state index < -0.39 is 0 Å². The van der Waals surface area contributed by atoms with Gasteiger partial charge in [-0.25, -0.2) is 0 Å². The Morgan fingerprint density at radius 2 is 1.76 bits per heavy atom. The van der Waals surface area contributed by atoms with Gasteiger partial charge in [-0.05, 0) is 38.3 Å². The van der Waals surface area contributed by atoms with Crippen LogP contribution in [0.25, 0.3) is 0 Å².